The number of aromatic nitrogens is 1. The molecule has 0 radical (unpaired) electrons. The first kappa shape index (κ1) is 18.7. The summed E-state index contributed by atoms with van der Waals surface area (Å²) in [6, 6.07) is 13.8. The molecule has 0 saturated carbocycles. The van der Waals surface area contributed by atoms with Gasteiger partial charge in [-0.2, -0.15) is 0 Å². The Morgan fingerprint density at radius 3 is 2.64 bits per heavy atom. The van der Waals surface area contributed by atoms with E-state index in [0.29, 0.717) is 6.42 Å². The van der Waals surface area contributed by atoms with Gasteiger partial charge in [-0.25, -0.2) is 0 Å². The first-order valence-corrected chi connectivity index (χ1v) is 9.86. The third-order valence-electron chi connectivity index (χ3n) is 5.46. The largest absolute Gasteiger partial charge is 0.497 e. The van der Waals surface area contributed by atoms with Crippen molar-refractivity contribution in [2.75, 3.05) is 38.2 Å². The lowest BCUT2D eigenvalue weighted by Crippen LogP contribution is -2.49. The van der Waals surface area contributed by atoms with Crippen LogP contribution in [0.25, 0.3) is 10.9 Å². The van der Waals surface area contributed by atoms with Crippen LogP contribution in [0.4, 0.5) is 5.69 Å². The van der Waals surface area contributed by atoms with Crippen molar-refractivity contribution >= 4 is 34.1 Å². The van der Waals surface area contributed by atoms with Crippen LogP contribution in [0.3, 0.4) is 0 Å². The van der Waals surface area contributed by atoms with Gasteiger partial charge in [0.2, 0.25) is 5.91 Å². The zero-order valence-electron chi connectivity index (χ0n) is 16.2. The number of ether oxygens (including phenoxy) is 1. The molecule has 1 N–H and O–H groups in total. The van der Waals surface area contributed by atoms with Gasteiger partial charge in [0, 0.05) is 53.5 Å². The van der Waals surface area contributed by atoms with Crippen molar-refractivity contribution in [3.05, 3.63) is 58.7 Å². The molecule has 1 aromatic heterocycles. The number of aryl methyl sites for hydroxylation is 1. The van der Waals surface area contributed by atoms with E-state index in [-0.39, 0.29) is 5.91 Å². The zero-order valence-corrected chi connectivity index (χ0v) is 16.9. The molecule has 0 unspecified atom stereocenters. The number of aromatic amines is 1. The van der Waals surface area contributed by atoms with Gasteiger partial charge in [0.25, 0.3) is 0 Å². The van der Waals surface area contributed by atoms with Gasteiger partial charge in [0.1, 0.15) is 5.75 Å². The Kier molecular flexibility index (Phi) is 5.18. The summed E-state index contributed by atoms with van der Waals surface area (Å²) in [5.74, 6) is 0.966. The Morgan fingerprint density at radius 1 is 1.14 bits per heavy atom. The molecule has 0 atom stereocenters. The van der Waals surface area contributed by atoms with Crippen molar-refractivity contribution in [2.45, 2.75) is 13.3 Å². The van der Waals surface area contributed by atoms with Gasteiger partial charge >= 0.3 is 0 Å². The number of anilines is 1. The number of amides is 1. The topological polar surface area (TPSA) is 48.6 Å². The maximum absolute atomic E-state index is 13.0. The SMILES string of the molecule is COc1ccc2[nH]c(C)c(CC(=O)N3CCN(c4cccc(Cl)c4)CC3)c2c1. The fraction of sp³-hybridized carbons (Fsp3) is 0.318. The maximum atomic E-state index is 13.0. The molecule has 2 aromatic carbocycles. The van der Waals surface area contributed by atoms with Gasteiger partial charge in [-0.1, -0.05) is 17.7 Å². The van der Waals surface area contributed by atoms with Gasteiger partial charge in [-0.15, -0.1) is 0 Å². The van der Waals surface area contributed by atoms with E-state index >= 15 is 0 Å². The molecular formula is C22H24ClN3O2. The number of nitrogens with zero attached hydrogens (tertiary/aromatic N) is 2. The molecule has 4 rings (SSSR count). The first-order valence-electron chi connectivity index (χ1n) is 9.48. The number of methoxy groups -OCH3 is 1. The van der Waals surface area contributed by atoms with Crippen LogP contribution in [0.2, 0.25) is 5.02 Å². The van der Waals surface area contributed by atoms with Gasteiger partial charge in [0.05, 0.1) is 13.5 Å². The minimum absolute atomic E-state index is 0.164. The molecular weight excluding hydrogens is 374 g/mol. The van der Waals surface area contributed by atoms with Crippen LogP contribution in [0.5, 0.6) is 5.75 Å². The molecule has 1 saturated heterocycles. The molecule has 0 spiro atoms. The third-order valence-corrected chi connectivity index (χ3v) is 5.70. The Labute approximate surface area is 169 Å². The lowest BCUT2D eigenvalue weighted by Gasteiger charge is -2.36. The quantitative estimate of drug-likeness (QED) is 0.723. The van der Waals surface area contributed by atoms with Crippen molar-refractivity contribution < 1.29 is 9.53 Å². The highest BCUT2D eigenvalue weighted by Gasteiger charge is 2.23. The molecule has 6 heteroatoms. The number of piperazine rings is 1. The average molecular weight is 398 g/mol. The molecule has 28 heavy (non-hydrogen) atoms. The number of H-pyrrole nitrogens is 1. The summed E-state index contributed by atoms with van der Waals surface area (Å²) in [5, 5.41) is 1.80. The van der Waals surface area contributed by atoms with Crippen molar-refractivity contribution in [3.8, 4) is 5.75 Å². The maximum Gasteiger partial charge on any atom is 0.227 e. The Bertz CT molecular complexity index is 1010. The van der Waals surface area contributed by atoms with Crippen LogP contribution < -0.4 is 9.64 Å². The van der Waals surface area contributed by atoms with E-state index < -0.39 is 0 Å². The second-order valence-corrected chi connectivity index (χ2v) is 7.60. The number of fused-ring (bicyclic) bond motifs is 1. The molecule has 3 aromatic rings. The predicted molar refractivity (Wildman–Crippen MR) is 114 cm³/mol. The van der Waals surface area contributed by atoms with E-state index in [1.165, 1.54) is 0 Å². The summed E-state index contributed by atoms with van der Waals surface area (Å²) in [6.07, 6.45) is 0.399. The van der Waals surface area contributed by atoms with Crippen molar-refractivity contribution in [3.63, 3.8) is 0 Å². The summed E-state index contributed by atoms with van der Waals surface area (Å²) >= 11 is 6.10. The Morgan fingerprint density at radius 2 is 1.93 bits per heavy atom. The number of halogens is 1. The van der Waals surface area contributed by atoms with E-state index in [9.17, 15) is 4.79 Å². The van der Waals surface area contributed by atoms with Crippen LogP contribution in [0.15, 0.2) is 42.5 Å². The van der Waals surface area contributed by atoms with E-state index in [0.717, 1.165) is 64.8 Å². The summed E-state index contributed by atoms with van der Waals surface area (Å²) < 4.78 is 5.35. The lowest BCUT2D eigenvalue weighted by atomic mass is 10.1. The zero-order chi connectivity index (χ0) is 19.7. The number of carbonyl (C=O) groups is 1. The molecule has 146 valence electrons. The number of benzene rings is 2. The predicted octanol–water partition coefficient (Wildman–Crippen LogP) is 4.03. The Balaban J connectivity index is 1.45. The van der Waals surface area contributed by atoms with Crippen molar-refractivity contribution in [2.24, 2.45) is 0 Å². The second-order valence-electron chi connectivity index (χ2n) is 7.16. The number of rotatable bonds is 4. The minimum Gasteiger partial charge on any atom is -0.497 e. The molecule has 1 aliphatic heterocycles. The third kappa shape index (κ3) is 3.67. The second kappa shape index (κ2) is 7.76. The van der Waals surface area contributed by atoms with Crippen LogP contribution in [0, 0.1) is 6.92 Å². The number of carbonyl (C=O) groups excluding carboxylic acids is 1. The summed E-state index contributed by atoms with van der Waals surface area (Å²) in [7, 11) is 1.66. The number of hydrogen-bond acceptors (Lipinski definition) is 3. The van der Waals surface area contributed by atoms with E-state index in [1.54, 1.807) is 7.11 Å². The smallest absolute Gasteiger partial charge is 0.227 e. The van der Waals surface area contributed by atoms with Crippen LogP contribution in [-0.4, -0.2) is 49.1 Å². The summed E-state index contributed by atoms with van der Waals surface area (Å²) in [5.41, 5.74) is 4.23. The fourth-order valence-corrected chi connectivity index (χ4v) is 4.05. The molecule has 1 fully saturated rings. The number of nitrogens with one attached hydrogen (secondary N) is 1. The fourth-order valence-electron chi connectivity index (χ4n) is 3.87. The van der Waals surface area contributed by atoms with Gasteiger partial charge in [0.15, 0.2) is 0 Å². The minimum atomic E-state index is 0.164. The first-order chi connectivity index (χ1) is 13.5. The Hall–Kier alpha value is -2.66. The highest BCUT2D eigenvalue weighted by Crippen LogP contribution is 2.27. The van der Waals surface area contributed by atoms with Gasteiger partial charge < -0.3 is 19.5 Å². The van der Waals surface area contributed by atoms with Gasteiger partial charge in [-0.05, 0) is 48.9 Å². The molecule has 1 aliphatic rings. The van der Waals surface area contributed by atoms with Crippen molar-refractivity contribution in [1.29, 1.82) is 0 Å². The highest BCUT2D eigenvalue weighted by atomic mass is 35.5. The van der Waals surface area contributed by atoms with E-state index in [4.69, 9.17) is 16.3 Å². The van der Waals surface area contributed by atoms with E-state index in [2.05, 4.69) is 16.0 Å². The lowest BCUT2D eigenvalue weighted by molar-refractivity contribution is -0.130. The standard InChI is InChI=1S/C22H24ClN3O2/c1-15-19(20-13-18(28-2)6-7-21(20)24-15)14-22(27)26-10-8-25(9-11-26)17-5-3-4-16(23)12-17/h3-7,12-13,24H,8-11,14H2,1-2H3. The highest BCUT2D eigenvalue weighted by molar-refractivity contribution is 6.30. The molecule has 0 aliphatic carbocycles. The van der Waals surface area contributed by atoms with E-state index in [1.807, 2.05) is 48.2 Å². The number of hydrogen-bond donors (Lipinski definition) is 1. The molecule has 1 amide bonds. The summed E-state index contributed by atoms with van der Waals surface area (Å²) in [4.78, 5) is 20.6. The molecule has 5 nitrogen and oxygen atoms in total. The van der Waals surface area contributed by atoms with Crippen molar-refractivity contribution in [1.82, 2.24) is 9.88 Å². The average Bonchev–Trinajstić information content (AvgIpc) is 3.02. The van der Waals surface area contributed by atoms with Crippen LogP contribution in [-0.2, 0) is 11.2 Å². The normalized spacial score (nSPS) is 14.5. The van der Waals surface area contributed by atoms with Crippen LogP contribution in [0.1, 0.15) is 11.3 Å². The van der Waals surface area contributed by atoms with Gasteiger partial charge in [-0.3, -0.25) is 4.79 Å². The summed E-state index contributed by atoms with van der Waals surface area (Å²) in [6.45, 7) is 5.08. The van der Waals surface area contributed by atoms with Crippen LogP contribution >= 0.6 is 11.6 Å². The monoisotopic (exact) mass is 397 g/mol. The molecule has 0 bridgehead atoms. The molecule has 2 heterocycles.